The Balaban J connectivity index is 2.81. The Morgan fingerprint density at radius 2 is 2.18 bits per heavy atom. The molecule has 0 saturated heterocycles. The molecule has 1 heterocycles. The van der Waals surface area contributed by atoms with Crippen LogP contribution in [0.15, 0.2) is 18.5 Å². The van der Waals surface area contributed by atoms with Crippen LogP contribution in [0.1, 0.15) is 0 Å². The monoisotopic (exact) mass is 174 g/mol. The predicted molar refractivity (Wildman–Crippen MR) is 43.9 cm³/mol. The van der Waals surface area contributed by atoms with Crippen LogP contribution in [-0.4, -0.2) is 19.2 Å². The van der Waals surface area contributed by atoms with E-state index >= 15 is 0 Å². The fraction of sp³-hybridized carbons (Fsp3) is 0.333. The molecule has 0 aliphatic heterocycles. The molecule has 11 heavy (non-hydrogen) atoms. The first-order chi connectivity index (χ1) is 4.97. The lowest BCUT2D eigenvalue weighted by Gasteiger charge is -1.97. The third-order valence-corrected chi connectivity index (χ3v) is 1.74. The molecule has 0 amide bonds. The van der Waals surface area contributed by atoms with E-state index in [0.29, 0.717) is 5.69 Å². The van der Waals surface area contributed by atoms with Gasteiger partial charge in [0.25, 0.3) is 0 Å². The van der Waals surface area contributed by atoms with Gasteiger partial charge in [-0.3, -0.25) is 4.72 Å². The molecule has 0 spiro atoms. The van der Waals surface area contributed by atoms with Gasteiger partial charge in [0, 0.05) is 19.4 Å². The van der Waals surface area contributed by atoms with Crippen LogP contribution >= 0.6 is 0 Å². The van der Waals surface area contributed by atoms with Crippen LogP contribution in [0.5, 0.6) is 0 Å². The fourth-order valence-electron chi connectivity index (χ4n) is 0.778. The maximum atomic E-state index is 10.7. The molecule has 0 bridgehead atoms. The van der Waals surface area contributed by atoms with E-state index in [1.807, 2.05) is 7.05 Å². The molecule has 0 aliphatic carbocycles. The van der Waals surface area contributed by atoms with E-state index in [1.54, 1.807) is 23.0 Å². The van der Waals surface area contributed by atoms with Crippen molar-refractivity contribution in [3.63, 3.8) is 0 Å². The van der Waals surface area contributed by atoms with Gasteiger partial charge >= 0.3 is 0 Å². The highest BCUT2D eigenvalue weighted by molar-refractivity contribution is 7.92. The van der Waals surface area contributed by atoms with Crippen molar-refractivity contribution in [3.05, 3.63) is 18.5 Å². The number of aryl methyl sites for hydroxylation is 1. The maximum absolute atomic E-state index is 10.7. The van der Waals surface area contributed by atoms with Crippen molar-refractivity contribution < 1.29 is 8.42 Å². The number of anilines is 1. The van der Waals surface area contributed by atoms with E-state index in [1.165, 1.54) is 0 Å². The standard InChI is InChI=1S/C6H10N2O2S/c1-8-4-3-6(5-8)7-11(2,9)10/h3-5,7H,1-2H3. The number of rotatable bonds is 2. The summed E-state index contributed by atoms with van der Waals surface area (Å²) < 4.78 is 25.5. The molecule has 62 valence electrons. The number of nitrogens with zero attached hydrogens (tertiary/aromatic N) is 1. The summed E-state index contributed by atoms with van der Waals surface area (Å²) in [7, 11) is -1.30. The van der Waals surface area contributed by atoms with Crippen LogP contribution in [0, 0.1) is 0 Å². The Morgan fingerprint density at radius 3 is 2.55 bits per heavy atom. The van der Waals surface area contributed by atoms with Crippen LogP contribution < -0.4 is 4.72 Å². The maximum Gasteiger partial charge on any atom is 0.229 e. The van der Waals surface area contributed by atoms with Gasteiger partial charge in [0.1, 0.15) is 0 Å². The quantitative estimate of drug-likeness (QED) is 0.705. The summed E-state index contributed by atoms with van der Waals surface area (Å²) in [6.45, 7) is 0. The van der Waals surface area contributed by atoms with E-state index in [4.69, 9.17) is 0 Å². The molecule has 1 aromatic heterocycles. The second-order valence-corrected chi connectivity index (χ2v) is 4.19. The number of hydrogen-bond donors (Lipinski definition) is 1. The molecule has 5 heteroatoms. The van der Waals surface area contributed by atoms with Crippen molar-refractivity contribution in [2.75, 3.05) is 11.0 Å². The molecule has 1 aromatic rings. The Bertz CT molecular complexity index is 339. The van der Waals surface area contributed by atoms with Crippen molar-refractivity contribution in [2.24, 2.45) is 7.05 Å². The zero-order valence-electron chi connectivity index (χ0n) is 6.40. The predicted octanol–water partition coefficient (Wildman–Crippen LogP) is 0.397. The normalized spacial score (nSPS) is 11.5. The van der Waals surface area contributed by atoms with Gasteiger partial charge in [-0.05, 0) is 6.07 Å². The first-order valence-electron chi connectivity index (χ1n) is 3.07. The number of hydrogen-bond acceptors (Lipinski definition) is 2. The first kappa shape index (κ1) is 8.13. The van der Waals surface area contributed by atoms with E-state index in [0.717, 1.165) is 6.26 Å². The summed E-state index contributed by atoms with van der Waals surface area (Å²) in [4.78, 5) is 0. The second kappa shape index (κ2) is 2.58. The summed E-state index contributed by atoms with van der Waals surface area (Å²) >= 11 is 0. The van der Waals surface area contributed by atoms with E-state index in [-0.39, 0.29) is 0 Å². The van der Waals surface area contributed by atoms with E-state index in [2.05, 4.69) is 4.72 Å². The number of aromatic nitrogens is 1. The molecule has 0 saturated carbocycles. The minimum absolute atomic E-state index is 0.593. The Morgan fingerprint density at radius 1 is 1.55 bits per heavy atom. The third-order valence-electron chi connectivity index (χ3n) is 1.14. The highest BCUT2D eigenvalue weighted by atomic mass is 32.2. The van der Waals surface area contributed by atoms with Crippen LogP contribution in [0.25, 0.3) is 0 Å². The lowest BCUT2D eigenvalue weighted by molar-refractivity contribution is 0.607. The molecule has 4 nitrogen and oxygen atoms in total. The Hall–Kier alpha value is -0.970. The minimum Gasteiger partial charge on any atom is -0.355 e. The van der Waals surface area contributed by atoms with Gasteiger partial charge in [0.15, 0.2) is 0 Å². The molecule has 0 unspecified atom stereocenters. The topological polar surface area (TPSA) is 51.1 Å². The highest BCUT2D eigenvalue weighted by Crippen LogP contribution is 2.07. The molecule has 0 fully saturated rings. The second-order valence-electron chi connectivity index (χ2n) is 2.44. The van der Waals surface area contributed by atoms with Gasteiger partial charge in [-0.2, -0.15) is 0 Å². The lowest BCUT2D eigenvalue weighted by Crippen LogP contribution is -2.08. The summed E-state index contributed by atoms with van der Waals surface area (Å²) in [5.41, 5.74) is 0.593. The average molecular weight is 174 g/mol. The molecule has 0 atom stereocenters. The summed E-state index contributed by atoms with van der Waals surface area (Å²) in [6, 6.07) is 1.70. The van der Waals surface area contributed by atoms with Crippen LogP contribution in [-0.2, 0) is 17.1 Å². The van der Waals surface area contributed by atoms with Crippen LogP contribution in [0.2, 0.25) is 0 Å². The smallest absolute Gasteiger partial charge is 0.229 e. The molecule has 0 radical (unpaired) electrons. The average Bonchev–Trinajstić information content (AvgIpc) is 2.10. The van der Waals surface area contributed by atoms with Crippen molar-refractivity contribution in [2.45, 2.75) is 0 Å². The molecular formula is C6H10N2O2S. The van der Waals surface area contributed by atoms with Crippen LogP contribution in [0.3, 0.4) is 0 Å². The largest absolute Gasteiger partial charge is 0.355 e. The molecular weight excluding hydrogens is 164 g/mol. The van der Waals surface area contributed by atoms with Gasteiger partial charge < -0.3 is 4.57 Å². The first-order valence-corrected chi connectivity index (χ1v) is 4.96. The number of nitrogens with one attached hydrogen (secondary N) is 1. The zero-order chi connectivity index (χ0) is 8.48. The SMILES string of the molecule is Cn1ccc(NS(C)(=O)=O)c1. The molecule has 1 N–H and O–H groups in total. The number of sulfonamides is 1. The summed E-state index contributed by atoms with van der Waals surface area (Å²) in [5, 5.41) is 0. The van der Waals surface area contributed by atoms with Crippen molar-refractivity contribution in [1.29, 1.82) is 0 Å². The Kier molecular flexibility index (Phi) is 1.90. The van der Waals surface area contributed by atoms with E-state index in [9.17, 15) is 8.42 Å². The molecule has 0 aromatic carbocycles. The summed E-state index contributed by atoms with van der Waals surface area (Å²) in [5.74, 6) is 0. The lowest BCUT2D eigenvalue weighted by atomic mass is 10.6. The zero-order valence-corrected chi connectivity index (χ0v) is 7.22. The van der Waals surface area contributed by atoms with Gasteiger partial charge in [-0.1, -0.05) is 0 Å². The van der Waals surface area contributed by atoms with Crippen molar-refractivity contribution in [1.82, 2.24) is 4.57 Å². The molecule has 1 rings (SSSR count). The van der Waals surface area contributed by atoms with E-state index < -0.39 is 10.0 Å². The fourth-order valence-corrected chi connectivity index (χ4v) is 1.33. The van der Waals surface area contributed by atoms with Gasteiger partial charge in [0.2, 0.25) is 10.0 Å². The van der Waals surface area contributed by atoms with Crippen molar-refractivity contribution >= 4 is 15.7 Å². The van der Waals surface area contributed by atoms with Crippen LogP contribution in [0.4, 0.5) is 5.69 Å². The van der Waals surface area contributed by atoms with Gasteiger partial charge in [-0.25, -0.2) is 8.42 Å². The van der Waals surface area contributed by atoms with Crippen molar-refractivity contribution in [3.8, 4) is 0 Å². The minimum atomic E-state index is -3.13. The highest BCUT2D eigenvalue weighted by Gasteiger charge is 2.00. The third kappa shape index (κ3) is 2.63. The van der Waals surface area contributed by atoms with Gasteiger partial charge in [-0.15, -0.1) is 0 Å². The van der Waals surface area contributed by atoms with Gasteiger partial charge in [0.05, 0.1) is 11.9 Å². The Labute approximate surface area is 65.9 Å². The summed E-state index contributed by atoms with van der Waals surface area (Å²) in [6.07, 6.45) is 4.59. The molecule has 0 aliphatic rings.